The molecule has 0 saturated carbocycles. The molecule has 4 heteroatoms. The third-order valence-corrected chi connectivity index (χ3v) is 3.34. The van der Waals surface area contributed by atoms with E-state index >= 15 is 0 Å². The maximum absolute atomic E-state index is 5.35. The van der Waals surface area contributed by atoms with Crippen LogP contribution in [0.1, 0.15) is 16.9 Å². The first-order valence-corrected chi connectivity index (χ1v) is 6.63. The molecule has 100 valence electrons. The largest absolute Gasteiger partial charge is 0.467 e. The Labute approximate surface area is 119 Å². The minimum atomic E-state index is 0.615. The van der Waals surface area contributed by atoms with Gasteiger partial charge in [-0.05, 0) is 36.8 Å². The Hall–Kier alpha value is -1.81. The van der Waals surface area contributed by atoms with Crippen LogP contribution in [0.2, 0.25) is 0 Å². The molecule has 1 N–H and O–H groups in total. The molecule has 3 nitrogen and oxygen atoms in total. The van der Waals surface area contributed by atoms with Crippen molar-refractivity contribution < 1.29 is 4.42 Å². The summed E-state index contributed by atoms with van der Waals surface area (Å²) in [7, 11) is 1.98. The van der Waals surface area contributed by atoms with Crippen molar-refractivity contribution in [3.63, 3.8) is 0 Å². The molecule has 2 rings (SSSR count). The van der Waals surface area contributed by atoms with Gasteiger partial charge in [0.2, 0.25) is 0 Å². The highest BCUT2D eigenvalue weighted by atomic mass is 32.1. The van der Waals surface area contributed by atoms with Gasteiger partial charge in [0, 0.05) is 13.6 Å². The number of hydrogen-bond donors (Lipinski definition) is 1. The number of nitrogens with one attached hydrogen (secondary N) is 1. The second kappa shape index (κ2) is 6.38. The number of thiocarbonyl (C=S) groups is 1. The fourth-order valence-electron chi connectivity index (χ4n) is 1.75. The highest BCUT2D eigenvalue weighted by Crippen LogP contribution is 2.06. The Balaban J connectivity index is 1.83. The molecule has 0 spiro atoms. The lowest BCUT2D eigenvalue weighted by Gasteiger charge is -2.20. The van der Waals surface area contributed by atoms with Crippen LogP contribution in [0.5, 0.6) is 0 Å². The number of hydrogen-bond acceptors (Lipinski definition) is 2. The Morgan fingerprint density at radius 2 is 2.00 bits per heavy atom. The van der Waals surface area contributed by atoms with E-state index < -0.39 is 0 Å². The quantitative estimate of drug-likeness (QED) is 0.867. The average molecular weight is 274 g/mol. The van der Waals surface area contributed by atoms with E-state index in [1.54, 1.807) is 6.26 Å². The van der Waals surface area contributed by atoms with E-state index in [0.29, 0.717) is 6.54 Å². The Kier molecular flexibility index (Phi) is 4.58. The summed E-state index contributed by atoms with van der Waals surface area (Å²) in [6, 6.07) is 12.3. The van der Waals surface area contributed by atoms with Crippen LogP contribution >= 0.6 is 12.2 Å². The molecule has 0 atom stereocenters. The summed E-state index contributed by atoms with van der Waals surface area (Å²) in [5.41, 5.74) is 2.51. The van der Waals surface area contributed by atoms with Gasteiger partial charge in [-0.2, -0.15) is 0 Å². The van der Waals surface area contributed by atoms with Crippen LogP contribution in [0.15, 0.2) is 47.1 Å². The molecule has 0 aliphatic carbocycles. The maximum atomic E-state index is 5.35. The van der Waals surface area contributed by atoms with Crippen molar-refractivity contribution in [2.75, 3.05) is 7.05 Å². The lowest BCUT2D eigenvalue weighted by atomic mass is 10.1. The Morgan fingerprint density at radius 3 is 2.63 bits per heavy atom. The zero-order chi connectivity index (χ0) is 13.7. The number of rotatable bonds is 4. The van der Waals surface area contributed by atoms with Crippen molar-refractivity contribution >= 4 is 17.3 Å². The number of aryl methyl sites for hydroxylation is 1. The standard InChI is InChI=1S/C15H18N2OS/c1-12-5-7-13(8-6-12)11-17(2)15(19)16-10-14-4-3-9-18-14/h3-9H,10-11H2,1-2H3,(H,16,19). The van der Waals surface area contributed by atoms with Gasteiger partial charge in [0.1, 0.15) is 5.76 Å². The van der Waals surface area contributed by atoms with E-state index in [0.717, 1.165) is 17.4 Å². The van der Waals surface area contributed by atoms with Crippen molar-refractivity contribution in [2.24, 2.45) is 0 Å². The second-order valence-corrected chi connectivity index (χ2v) is 4.97. The van der Waals surface area contributed by atoms with Gasteiger partial charge in [-0.25, -0.2) is 0 Å². The van der Waals surface area contributed by atoms with Gasteiger partial charge in [0.15, 0.2) is 5.11 Å². The number of furan rings is 1. The summed E-state index contributed by atoms with van der Waals surface area (Å²) in [5, 5.41) is 3.90. The minimum absolute atomic E-state index is 0.615. The van der Waals surface area contributed by atoms with Crippen LogP contribution < -0.4 is 5.32 Å². The lowest BCUT2D eigenvalue weighted by Crippen LogP contribution is -2.36. The molecule has 0 fully saturated rings. The summed E-state index contributed by atoms with van der Waals surface area (Å²) < 4.78 is 5.25. The molecule has 0 aliphatic heterocycles. The normalized spacial score (nSPS) is 10.2. The van der Waals surface area contributed by atoms with Crippen LogP contribution in [0.4, 0.5) is 0 Å². The molecule has 0 saturated heterocycles. The van der Waals surface area contributed by atoms with E-state index in [1.807, 2.05) is 24.1 Å². The first-order chi connectivity index (χ1) is 9.15. The molecule has 1 heterocycles. The lowest BCUT2D eigenvalue weighted by molar-refractivity contribution is 0.468. The Bertz CT molecular complexity index is 520. The van der Waals surface area contributed by atoms with Gasteiger partial charge in [0.05, 0.1) is 12.8 Å². The molecule has 2 aromatic rings. The zero-order valence-corrected chi connectivity index (χ0v) is 12.0. The van der Waals surface area contributed by atoms with E-state index in [-0.39, 0.29) is 0 Å². The summed E-state index contributed by atoms with van der Waals surface area (Å²) in [6.45, 7) is 3.50. The van der Waals surface area contributed by atoms with Gasteiger partial charge < -0.3 is 14.6 Å². The predicted octanol–water partition coefficient (Wildman–Crippen LogP) is 3.09. The Morgan fingerprint density at radius 1 is 1.26 bits per heavy atom. The summed E-state index contributed by atoms with van der Waals surface area (Å²) in [4.78, 5) is 2.02. The monoisotopic (exact) mass is 274 g/mol. The second-order valence-electron chi connectivity index (χ2n) is 4.58. The van der Waals surface area contributed by atoms with Crippen molar-refractivity contribution in [1.82, 2.24) is 10.2 Å². The van der Waals surface area contributed by atoms with Gasteiger partial charge >= 0.3 is 0 Å². The summed E-state index contributed by atoms with van der Waals surface area (Å²) in [5.74, 6) is 0.881. The summed E-state index contributed by atoms with van der Waals surface area (Å²) in [6.07, 6.45) is 1.66. The van der Waals surface area contributed by atoms with E-state index in [1.165, 1.54) is 11.1 Å². The fourth-order valence-corrected chi connectivity index (χ4v) is 1.89. The summed E-state index contributed by atoms with van der Waals surface area (Å²) >= 11 is 5.35. The van der Waals surface area contributed by atoms with Crippen molar-refractivity contribution in [2.45, 2.75) is 20.0 Å². The molecule has 0 radical (unpaired) electrons. The number of nitrogens with zero attached hydrogens (tertiary/aromatic N) is 1. The van der Waals surface area contributed by atoms with Gasteiger partial charge in [-0.1, -0.05) is 29.8 Å². The van der Waals surface area contributed by atoms with Crippen LogP contribution in [-0.2, 0) is 13.1 Å². The maximum Gasteiger partial charge on any atom is 0.169 e. The topological polar surface area (TPSA) is 28.4 Å². The first kappa shape index (κ1) is 13.6. The zero-order valence-electron chi connectivity index (χ0n) is 11.2. The minimum Gasteiger partial charge on any atom is -0.467 e. The molecular formula is C15H18N2OS. The SMILES string of the molecule is Cc1ccc(CN(C)C(=S)NCc2ccco2)cc1. The van der Waals surface area contributed by atoms with Crippen LogP contribution in [0.3, 0.4) is 0 Å². The van der Waals surface area contributed by atoms with Crippen LogP contribution in [-0.4, -0.2) is 17.1 Å². The average Bonchev–Trinajstić information content (AvgIpc) is 2.91. The van der Waals surface area contributed by atoms with Gasteiger partial charge in [-0.3, -0.25) is 0 Å². The smallest absolute Gasteiger partial charge is 0.169 e. The molecule has 0 bridgehead atoms. The molecule has 1 aromatic heterocycles. The molecule has 0 aliphatic rings. The van der Waals surface area contributed by atoms with E-state index in [2.05, 4.69) is 36.5 Å². The molecule has 0 unspecified atom stereocenters. The molecule has 19 heavy (non-hydrogen) atoms. The highest BCUT2D eigenvalue weighted by molar-refractivity contribution is 7.80. The molecule has 0 amide bonds. The fraction of sp³-hybridized carbons (Fsp3) is 0.267. The molecule has 1 aromatic carbocycles. The van der Waals surface area contributed by atoms with E-state index in [9.17, 15) is 0 Å². The van der Waals surface area contributed by atoms with Crippen molar-refractivity contribution in [3.05, 3.63) is 59.5 Å². The third kappa shape index (κ3) is 4.10. The first-order valence-electron chi connectivity index (χ1n) is 6.22. The van der Waals surface area contributed by atoms with Gasteiger partial charge in [-0.15, -0.1) is 0 Å². The predicted molar refractivity (Wildman–Crippen MR) is 80.8 cm³/mol. The van der Waals surface area contributed by atoms with Crippen molar-refractivity contribution in [3.8, 4) is 0 Å². The number of benzene rings is 1. The van der Waals surface area contributed by atoms with Gasteiger partial charge in [0.25, 0.3) is 0 Å². The van der Waals surface area contributed by atoms with Crippen LogP contribution in [0.25, 0.3) is 0 Å². The molecular weight excluding hydrogens is 256 g/mol. The van der Waals surface area contributed by atoms with Crippen LogP contribution in [0, 0.1) is 6.92 Å². The highest BCUT2D eigenvalue weighted by Gasteiger charge is 2.05. The van der Waals surface area contributed by atoms with Crippen molar-refractivity contribution in [1.29, 1.82) is 0 Å². The van der Waals surface area contributed by atoms with E-state index in [4.69, 9.17) is 16.6 Å². The third-order valence-electron chi connectivity index (χ3n) is 2.88.